The van der Waals surface area contributed by atoms with E-state index in [1.54, 1.807) is 0 Å². The van der Waals surface area contributed by atoms with Gasteiger partial charge in [-0.3, -0.25) is 4.79 Å². The van der Waals surface area contributed by atoms with E-state index in [4.69, 9.17) is 4.74 Å². The second-order valence-corrected chi connectivity index (χ2v) is 5.00. The summed E-state index contributed by atoms with van der Waals surface area (Å²) in [4.78, 5) is 12.2. The number of rotatable bonds is 3. The van der Waals surface area contributed by atoms with E-state index in [0.29, 0.717) is 24.3 Å². The van der Waals surface area contributed by atoms with Crippen molar-refractivity contribution in [2.75, 3.05) is 6.61 Å². The highest BCUT2D eigenvalue weighted by atomic mass is 16.5. The standard InChI is InChI=1S/C17H17NO2/c19-16-10-14(18-11-13-6-2-1-3-7-13)12-20-17-9-5-4-8-15(16)17/h1-9,14,18H,10-12H2. The molecule has 0 radical (unpaired) electrons. The van der Waals surface area contributed by atoms with Crippen molar-refractivity contribution in [1.82, 2.24) is 5.32 Å². The van der Waals surface area contributed by atoms with E-state index in [-0.39, 0.29) is 11.8 Å². The Morgan fingerprint density at radius 1 is 1.05 bits per heavy atom. The van der Waals surface area contributed by atoms with Crippen LogP contribution in [-0.2, 0) is 6.54 Å². The Bertz CT molecular complexity index is 595. The minimum atomic E-state index is 0.0510. The summed E-state index contributed by atoms with van der Waals surface area (Å²) in [5.74, 6) is 0.838. The van der Waals surface area contributed by atoms with Crippen LogP contribution < -0.4 is 10.1 Å². The first kappa shape index (κ1) is 12.9. The fourth-order valence-electron chi connectivity index (χ4n) is 2.40. The maximum absolute atomic E-state index is 12.2. The van der Waals surface area contributed by atoms with E-state index in [1.807, 2.05) is 42.5 Å². The molecule has 0 bridgehead atoms. The highest BCUT2D eigenvalue weighted by Crippen LogP contribution is 2.23. The first-order valence-corrected chi connectivity index (χ1v) is 6.85. The largest absolute Gasteiger partial charge is 0.491 e. The fourth-order valence-corrected chi connectivity index (χ4v) is 2.40. The van der Waals surface area contributed by atoms with Gasteiger partial charge in [-0.25, -0.2) is 0 Å². The Kier molecular flexibility index (Phi) is 3.79. The number of nitrogens with one attached hydrogen (secondary N) is 1. The van der Waals surface area contributed by atoms with Crippen molar-refractivity contribution in [1.29, 1.82) is 0 Å². The van der Waals surface area contributed by atoms with Crippen molar-refractivity contribution in [3.8, 4) is 5.75 Å². The number of benzene rings is 2. The van der Waals surface area contributed by atoms with Crippen LogP contribution >= 0.6 is 0 Å². The monoisotopic (exact) mass is 267 g/mol. The molecule has 2 aromatic rings. The maximum Gasteiger partial charge on any atom is 0.168 e. The molecule has 1 atom stereocenters. The lowest BCUT2D eigenvalue weighted by atomic mass is 10.0. The molecule has 1 unspecified atom stereocenters. The number of fused-ring (bicyclic) bond motifs is 1. The van der Waals surface area contributed by atoms with Gasteiger partial charge >= 0.3 is 0 Å². The Morgan fingerprint density at radius 2 is 1.80 bits per heavy atom. The zero-order valence-corrected chi connectivity index (χ0v) is 11.2. The molecule has 0 saturated carbocycles. The van der Waals surface area contributed by atoms with Crippen LogP contribution in [-0.4, -0.2) is 18.4 Å². The van der Waals surface area contributed by atoms with Gasteiger partial charge in [0, 0.05) is 19.0 Å². The first-order chi connectivity index (χ1) is 9.83. The number of carbonyl (C=O) groups excluding carboxylic acids is 1. The van der Waals surface area contributed by atoms with Gasteiger partial charge in [0.25, 0.3) is 0 Å². The lowest BCUT2D eigenvalue weighted by Gasteiger charge is -2.15. The normalized spacial score (nSPS) is 18.0. The third-order valence-electron chi connectivity index (χ3n) is 3.50. The summed E-state index contributed by atoms with van der Waals surface area (Å²) >= 11 is 0. The van der Waals surface area contributed by atoms with Crippen molar-refractivity contribution >= 4 is 5.78 Å². The minimum Gasteiger partial charge on any atom is -0.491 e. The van der Waals surface area contributed by atoms with E-state index in [1.165, 1.54) is 5.56 Å². The SMILES string of the molecule is O=C1CC(NCc2ccccc2)COc2ccccc21. The second-order valence-electron chi connectivity index (χ2n) is 5.00. The van der Waals surface area contributed by atoms with Gasteiger partial charge in [-0.15, -0.1) is 0 Å². The molecule has 20 heavy (non-hydrogen) atoms. The van der Waals surface area contributed by atoms with Gasteiger partial charge in [-0.1, -0.05) is 42.5 Å². The van der Waals surface area contributed by atoms with Gasteiger partial charge in [0.1, 0.15) is 12.4 Å². The van der Waals surface area contributed by atoms with Crippen molar-refractivity contribution in [3.05, 3.63) is 65.7 Å². The second kappa shape index (κ2) is 5.88. The van der Waals surface area contributed by atoms with Gasteiger partial charge in [0.05, 0.1) is 5.56 Å². The van der Waals surface area contributed by atoms with Gasteiger partial charge in [-0.2, -0.15) is 0 Å². The van der Waals surface area contributed by atoms with E-state index in [9.17, 15) is 4.79 Å². The smallest absolute Gasteiger partial charge is 0.168 e. The van der Waals surface area contributed by atoms with Crippen LogP contribution in [0.25, 0.3) is 0 Å². The number of ether oxygens (including phenoxy) is 1. The molecule has 0 aliphatic carbocycles. The van der Waals surface area contributed by atoms with Crippen LogP contribution in [0, 0.1) is 0 Å². The predicted octanol–water partition coefficient (Wildman–Crippen LogP) is 2.81. The molecule has 1 aliphatic rings. The van der Waals surface area contributed by atoms with Crippen molar-refractivity contribution < 1.29 is 9.53 Å². The molecule has 102 valence electrons. The average Bonchev–Trinajstić information content (AvgIpc) is 2.66. The third kappa shape index (κ3) is 2.89. The van der Waals surface area contributed by atoms with Gasteiger partial charge in [-0.05, 0) is 17.7 Å². The summed E-state index contributed by atoms with van der Waals surface area (Å²) < 4.78 is 5.74. The molecule has 0 spiro atoms. The predicted molar refractivity (Wildman–Crippen MR) is 78.0 cm³/mol. The van der Waals surface area contributed by atoms with E-state index in [0.717, 1.165) is 6.54 Å². The summed E-state index contributed by atoms with van der Waals surface area (Å²) in [6, 6.07) is 17.7. The maximum atomic E-state index is 12.2. The Hall–Kier alpha value is -2.13. The number of hydrogen-bond donors (Lipinski definition) is 1. The lowest BCUT2D eigenvalue weighted by molar-refractivity contribution is 0.0970. The topological polar surface area (TPSA) is 38.3 Å². The van der Waals surface area contributed by atoms with E-state index in [2.05, 4.69) is 17.4 Å². The third-order valence-corrected chi connectivity index (χ3v) is 3.50. The highest BCUT2D eigenvalue weighted by Gasteiger charge is 2.22. The van der Waals surface area contributed by atoms with Crippen LogP contribution in [0.1, 0.15) is 22.3 Å². The van der Waals surface area contributed by atoms with Crippen molar-refractivity contribution in [3.63, 3.8) is 0 Å². The summed E-state index contributed by atoms with van der Waals surface area (Å²) in [5.41, 5.74) is 1.90. The lowest BCUT2D eigenvalue weighted by Crippen LogP contribution is -2.34. The number of carbonyl (C=O) groups is 1. The molecule has 1 aliphatic heterocycles. The summed E-state index contributed by atoms with van der Waals surface area (Å²) in [7, 11) is 0. The summed E-state index contributed by atoms with van der Waals surface area (Å²) in [5, 5.41) is 3.40. The Labute approximate surface area is 118 Å². The highest BCUT2D eigenvalue weighted by molar-refractivity contribution is 5.99. The average molecular weight is 267 g/mol. The molecule has 0 fully saturated rings. The quantitative estimate of drug-likeness (QED) is 0.929. The molecular formula is C17H17NO2. The molecule has 2 aromatic carbocycles. The number of Topliss-reactive ketones (excluding diaryl/α,β-unsaturated/α-hetero) is 1. The van der Waals surface area contributed by atoms with Crippen LogP contribution in [0.15, 0.2) is 54.6 Å². The molecule has 3 heteroatoms. The fraction of sp³-hybridized carbons (Fsp3) is 0.235. The van der Waals surface area contributed by atoms with Crippen molar-refractivity contribution in [2.24, 2.45) is 0 Å². The zero-order valence-electron chi connectivity index (χ0n) is 11.2. The molecule has 1 N–H and O–H groups in total. The van der Waals surface area contributed by atoms with Gasteiger partial charge in [0.15, 0.2) is 5.78 Å². The molecular weight excluding hydrogens is 250 g/mol. The summed E-state index contributed by atoms with van der Waals surface area (Å²) in [6.07, 6.45) is 0.476. The van der Waals surface area contributed by atoms with Gasteiger partial charge < -0.3 is 10.1 Å². The first-order valence-electron chi connectivity index (χ1n) is 6.85. The van der Waals surface area contributed by atoms with Crippen molar-refractivity contribution in [2.45, 2.75) is 19.0 Å². The molecule has 0 amide bonds. The minimum absolute atomic E-state index is 0.0510. The Balaban J connectivity index is 1.65. The zero-order chi connectivity index (χ0) is 13.8. The number of ketones is 1. The molecule has 3 rings (SSSR count). The van der Waals surface area contributed by atoms with Crippen LogP contribution in [0.2, 0.25) is 0 Å². The van der Waals surface area contributed by atoms with E-state index >= 15 is 0 Å². The molecule has 0 aromatic heterocycles. The number of para-hydroxylation sites is 1. The molecule has 1 heterocycles. The van der Waals surface area contributed by atoms with Crippen LogP contribution in [0.4, 0.5) is 0 Å². The Morgan fingerprint density at radius 3 is 2.65 bits per heavy atom. The van der Waals surface area contributed by atoms with E-state index < -0.39 is 0 Å². The molecule has 0 saturated heterocycles. The summed E-state index contributed by atoms with van der Waals surface area (Å²) in [6.45, 7) is 1.27. The molecule has 3 nitrogen and oxygen atoms in total. The van der Waals surface area contributed by atoms with Gasteiger partial charge in [0.2, 0.25) is 0 Å². The van der Waals surface area contributed by atoms with Crippen LogP contribution in [0.3, 0.4) is 0 Å². The van der Waals surface area contributed by atoms with Crippen LogP contribution in [0.5, 0.6) is 5.75 Å². The number of hydrogen-bond acceptors (Lipinski definition) is 3.